The number of hydrogen-bond donors (Lipinski definition) is 2. The van der Waals surface area contributed by atoms with Crippen molar-refractivity contribution >= 4 is 8.56 Å². The Bertz CT molecular complexity index is 145. The molecule has 5 heteroatoms. The third-order valence-electron chi connectivity index (χ3n) is 2.38. The molecule has 0 rings (SSSR count). The van der Waals surface area contributed by atoms with E-state index in [4.69, 9.17) is 20.3 Å². The van der Waals surface area contributed by atoms with Gasteiger partial charge in [0.2, 0.25) is 0 Å². The average Bonchev–Trinajstić information content (AvgIpc) is 2.16. The summed E-state index contributed by atoms with van der Waals surface area (Å²) in [7, 11) is -0.151. The monoisotopic (exact) mass is 220 g/mol. The van der Waals surface area contributed by atoms with E-state index in [2.05, 4.69) is 0 Å². The Labute approximate surface area is 88.2 Å². The lowest BCUT2D eigenvalue weighted by atomic mass is 10.0. The second kappa shape index (κ2) is 7.36. The molecule has 0 saturated heterocycles. The Kier molecular flexibility index (Phi) is 7.39. The van der Waals surface area contributed by atoms with Crippen LogP contribution in [0.3, 0.4) is 0 Å². The molecule has 86 valence electrons. The molecule has 4 nitrogen and oxygen atoms in total. The van der Waals surface area contributed by atoms with Gasteiger partial charge >= 0.3 is 8.56 Å². The Morgan fingerprint density at radius 2 is 1.86 bits per heavy atom. The van der Waals surface area contributed by atoms with Crippen LogP contribution >= 0.6 is 0 Å². The van der Waals surface area contributed by atoms with Crippen molar-refractivity contribution in [3.8, 4) is 0 Å². The molecule has 1 atom stereocenters. The first kappa shape index (κ1) is 14.1. The summed E-state index contributed by atoms with van der Waals surface area (Å²) < 4.78 is 11.0. The molecule has 0 bridgehead atoms. The first-order valence-corrected chi connectivity index (χ1v) is 7.96. The van der Waals surface area contributed by atoms with Crippen LogP contribution in [0, 0.1) is 5.92 Å². The second-order valence-corrected chi connectivity index (χ2v) is 7.42. The Morgan fingerprint density at radius 1 is 1.21 bits per heavy atom. The Hall–Kier alpha value is 0.0569. The summed E-state index contributed by atoms with van der Waals surface area (Å²) >= 11 is 0. The van der Waals surface area contributed by atoms with Crippen molar-refractivity contribution in [3.05, 3.63) is 0 Å². The molecule has 14 heavy (non-hydrogen) atoms. The molecule has 0 aliphatic heterocycles. The highest BCUT2D eigenvalue weighted by Gasteiger charge is 2.22. The van der Waals surface area contributed by atoms with Crippen molar-refractivity contribution in [2.75, 3.05) is 26.8 Å². The molecule has 0 spiro atoms. The zero-order chi connectivity index (χ0) is 11.0. The van der Waals surface area contributed by atoms with Crippen molar-refractivity contribution in [1.82, 2.24) is 0 Å². The van der Waals surface area contributed by atoms with Gasteiger partial charge < -0.3 is 20.3 Å². The topological polar surface area (TPSA) is 70.5 Å². The van der Waals surface area contributed by atoms with E-state index in [1.165, 1.54) is 0 Å². The van der Waals surface area contributed by atoms with Gasteiger partial charge in [0.25, 0.3) is 0 Å². The van der Waals surface area contributed by atoms with Gasteiger partial charge in [-0.3, -0.25) is 0 Å². The fraction of sp³-hybridized carbons (Fsp3) is 1.00. The Morgan fingerprint density at radius 3 is 2.29 bits per heavy atom. The van der Waals surface area contributed by atoms with Crippen LogP contribution in [0.2, 0.25) is 13.1 Å². The van der Waals surface area contributed by atoms with E-state index in [0.29, 0.717) is 19.0 Å². The number of rotatable bonds is 8. The molecule has 0 amide bonds. The van der Waals surface area contributed by atoms with Crippen molar-refractivity contribution < 1.29 is 8.85 Å². The summed E-state index contributed by atoms with van der Waals surface area (Å²) in [4.78, 5) is 0. The molecule has 0 radical (unpaired) electrons. The maximum Gasteiger partial charge on any atom is 0.331 e. The summed E-state index contributed by atoms with van der Waals surface area (Å²) in [5, 5.41) is 0. The lowest BCUT2D eigenvalue weighted by Crippen LogP contribution is -2.34. The van der Waals surface area contributed by atoms with Gasteiger partial charge in [-0.15, -0.1) is 0 Å². The van der Waals surface area contributed by atoms with Crippen LogP contribution in [-0.4, -0.2) is 35.4 Å². The first-order valence-electron chi connectivity index (χ1n) is 5.15. The highest BCUT2D eigenvalue weighted by Crippen LogP contribution is 2.10. The van der Waals surface area contributed by atoms with E-state index >= 15 is 0 Å². The molecule has 0 aromatic heterocycles. The van der Waals surface area contributed by atoms with Gasteiger partial charge in [-0.2, -0.15) is 0 Å². The van der Waals surface area contributed by atoms with Crippen LogP contribution < -0.4 is 11.5 Å². The fourth-order valence-corrected chi connectivity index (χ4v) is 1.87. The van der Waals surface area contributed by atoms with Crippen LogP contribution in [0.15, 0.2) is 0 Å². The van der Waals surface area contributed by atoms with E-state index in [0.717, 1.165) is 19.4 Å². The zero-order valence-corrected chi connectivity index (χ0v) is 10.6. The van der Waals surface area contributed by atoms with Crippen LogP contribution in [0.5, 0.6) is 0 Å². The molecule has 0 saturated carbocycles. The van der Waals surface area contributed by atoms with Gasteiger partial charge in [0.1, 0.15) is 0 Å². The third kappa shape index (κ3) is 6.50. The van der Waals surface area contributed by atoms with E-state index < -0.39 is 8.56 Å². The van der Waals surface area contributed by atoms with Crippen molar-refractivity contribution in [1.29, 1.82) is 0 Å². The van der Waals surface area contributed by atoms with E-state index in [-0.39, 0.29) is 0 Å². The number of hydrogen-bond acceptors (Lipinski definition) is 4. The molecule has 0 aromatic carbocycles. The molecule has 0 heterocycles. The fourth-order valence-electron chi connectivity index (χ4n) is 1.15. The van der Waals surface area contributed by atoms with Crippen LogP contribution in [0.1, 0.15) is 12.8 Å². The van der Waals surface area contributed by atoms with Crippen molar-refractivity contribution in [2.24, 2.45) is 17.4 Å². The van der Waals surface area contributed by atoms with Crippen molar-refractivity contribution in [3.63, 3.8) is 0 Å². The molecule has 0 aliphatic rings. The average molecular weight is 220 g/mol. The lowest BCUT2D eigenvalue weighted by Gasteiger charge is -2.22. The predicted molar refractivity (Wildman–Crippen MR) is 61.3 cm³/mol. The summed E-state index contributed by atoms with van der Waals surface area (Å²) in [5.41, 5.74) is 11.1. The zero-order valence-electron chi connectivity index (χ0n) is 9.58. The van der Waals surface area contributed by atoms with Crippen LogP contribution in [0.25, 0.3) is 0 Å². The van der Waals surface area contributed by atoms with E-state index in [1.54, 1.807) is 7.11 Å². The van der Waals surface area contributed by atoms with Gasteiger partial charge in [0.05, 0.1) is 0 Å². The second-order valence-electron chi connectivity index (χ2n) is 3.92. The first-order chi connectivity index (χ1) is 6.55. The highest BCUT2D eigenvalue weighted by molar-refractivity contribution is 6.64. The summed E-state index contributed by atoms with van der Waals surface area (Å²) in [6.07, 6.45) is 1.96. The minimum atomic E-state index is -1.85. The summed E-state index contributed by atoms with van der Waals surface area (Å²) in [6.45, 7) is 6.19. The molecular weight excluding hydrogens is 196 g/mol. The molecule has 0 aromatic rings. The molecule has 0 fully saturated rings. The maximum atomic E-state index is 5.68. The lowest BCUT2D eigenvalue weighted by molar-refractivity contribution is 0.194. The summed E-state index contributed by atoms with van der Waals surface area (Å²) in [5.74, 6) is 0.488. The van der Waals surface area contributed by atoms with Gasteiger partial charge in [-0.25, -0.2) is 0 Å². The molecule has 1 unspecified atom stereocenters. The van der Waals surface area contributed by atoms with E-state index in [1.807, 2.05) is 13.1 Å². The number of nitrogens with two attached hydrogens (primary N) is 2. The van der Waals surface area contributed by atoms with Crippen LogP contribution in [0.4, 0.5) is 0 Å². The van der Waals surface area contributed by atoms with Gasteiger partial charge in [-0.1, -0.05) is 0 Å². The maximum absolute atomic E-state index is 5.68. The van der Waals surface area contributed by atoms with Crippen LogP contribution in [-0.2, 0) is 8.85 Å². The predicted octanol–water partition coefficient (Wildman–Crippen LogP) is 0.665. The highest BCUT2D eigenvalue weighted by atomic mass is 28.4. The SMILES string of the molecule is CO[Si](C)(C)OCCC(CN)CCN. The molecule has 4 N–H and O–H groups in total. The van der Waals surface area contributed by atoms with Gasteiger partial charge in [0.15, 0.2) is 0 Å². The van der Waals surface area contributed by atoms with E-state index in [9.17, 15) is 0 Å². The third-order valence-corrected chi connectivity index (χ3v) is 4.26. The quantitative estimate of drug-likeness (QED) is 0.590. The summed E-state index contributed by atoms with van der Waals surface area (Å²) in [6, 6.07) is 0. The van der Waals surface area contributed by atoms with Gasteiger partial charge in [-0.05, 0) is 44.9 Å². The standard InChI is InChI=1S/C9H24N2O2Si/c1-12-14(2,3)13-7-5-9(8-11)4-6-10/h9H,4-8,10-11H2,1-3H3. The molecule has 0 aliphatic carbocycles. The smallest absolute Gasteiger partial charge is 0.331 e. The van der Waals surface area contributed by atoms with Gasteiger partial charge in [0, 0.05) is 13.7 Å². The molecular formula is C9H24N2O2Si. The normalized spacial score (nSPS) is 14.4. The minimum Gasteiger partial charge on any atom is -0.398 e. The minimum absolute atomic E-state index is 0.488. The Balaban J connectivity index is 3.60. The van der Waals surface area contributed by atoms with Crippen molar-refractivity contribution in [2.45, 2.75) is 25.9 Å². The largest absolute Gasteiger partial charge is 0.398 e.